The van der Waals surface area contributed by atoms with E-state index >= 15 is 0 Å². The number of rotatable bonds is 2. The normalized spacial score (nSPS) is 10.6. The van der Waals surface area contributed by atoms with Crippen molar-refractivity contribution in [3.05, 3.63) is 72.0 Å². The summed E-state index contributed by atoms with van der Waals surface area (Å²) in [5.41, 5.74) is 1.49. The highest BCUT2D eigenvalue weighted by molar-refractivity contribution is 6.00. The van der Waals surface area contributed by atoms with E-state index in [0.29, 0.717) is 17.4 Å². The zero-order valence-electron chi connectivity index (χ0n) is 10.1. The van der Waals surface area contributed by atoms with Crippen LogP contribution in [0.2, 0.25) is 0 Å². The molecule has 0 bridgehead atoms. The molecule has 0 aliphatic carbocycles. The van der Waals surface area contributed by atoms with Crippen LogP contribution in [-0.2, 0) is 0 Å². The molecule has 0 atom stereocenters. The van der Waals surface area contributed by atoms with Gasteiger partial charge in [-0.3, -0.25) is 4.79 Å². The molecule has 3 aromatic carbocycles. The third-order valence-electron chi connectivity index (χ3n) is 3.23. The van der Waals surface area contributed by atoms with E-state index in [1.165, 1.54) is 6.07 Å². The Morgan fingerprint density at radius 1 is 0.842 bits per heavy atom. The van der Waals surface area contributed by atoms with Crippen molar-refractivity contribution in [3.8, 4) is 11.1 Å². The van der Waals surface area contributed by atoms with Gasteiger partial charge in [0.1, 0.15) is 5.82 Å². The third-order valence-corrected chi connectivity index (χ3v) is 3.23. The van der Waals surface area contributed by atoms with E-state index in [2.05, 4.69) is 0 Å². The van der Waals surface area contributed by atoms with Crippen molar-refractivity contribution in [2.24, 2.45) is 0 Å². The van der Waals surface area contributed by atoms with Gasteiger partial charge in [-0.05, 0) is 22.4 Å². The highest BCUT2D eigenvalue weighted by Gasteiger charge is 2.12. The van der Waals surface area contributed by atoms with E-state index in [1.807, 2.05) is 42.5 Å². The first-order chi connectivity index (χ1) is 9.31. The Balaban J connectivity index is 2.40. The molecule has 0 fully saturated rings. The number of fused-ring (bicyclic) bond motifs is 1. The topological polar surface area (TPSA) is 17.1 Å². The summed E-state index contributed by atoms with van der Waals surface area (Å²) in [7, 11) is 0. The second-order valence-electron chi connectivity index (χ2n) is 4.35. The molecule has 0 aliphatic heterocycles. The van der Waals surface area contributed by atoms with Gasteiger partial charge >= 0.3 is 0 Å². The van der Waals surface area contributed by atoms with Gasteiger partial charge < -0.3 is 0 Å². The highest BCUT2D eigenvalue weighted by atomic mass is 19.1. The SMILES string of the molecule is O=Cc1cccc(F)c1-c1cccc2ccccc12. The fraction of sp³-hybridized carbons (Fsp3) is 0. The van der Waals surface area contributed by atoms with E-state index < -0.39 is 0 Å². The van der Waals surface area contributed by atoms with Gasteiger partial charge in [-0.2, -0.15) is 0 Å². The van der Waals surface area contributed by atoms with Gasteiger partial charge in [0.05, 0.1) is 0 Å². The molecule has 19 heavy (non-hydrogen) atoms. The van der Waals surface area contributed by atoms with Crippen LogP contribution in [0.4, 0.5) is 4.39 Å². The quantitative estimate of drug-likeness (QED) is 0.614. The molecule has 0 saturated carbocycles. The Labute approximate surface area is 110 Å². The van der Waals surface area contributed by atoms with Gasteiger partial charge in [0.2, 0.25) is 0 Å². The minimum Gasteiger partial charge on any atom is -0.298 e. The van der Waals surface area contributed by atoms with Crippen molar-refractivity contribution in [2.45, 2.75) is 0 Å². The average molecular weight is 250 g/mol. The maximum absolute atomic E-state index is 14.1. The van der Waals surface area contributed by atoms with Crippen molar-refractivity contribution < 1.29 is 9.18 Å². The lowest BCUT2D eigenvalue weighted by atomic mass is 9.94. The number of aldehydes is 1. The smallest absolute Gasteiger partial charge is 0.150 e. The van der Waals surface area contributed by atoms with Crippen LogP contribution >= 0.6 is 0 Å². The Kier molecular flexibility index (Phi) is 2.84. The number of benzene rings is 3. The first-order valence-electron chi connectivity index (χ1n) is 6.03. The first kappa shape index (κ1) is 11.6. The zero-order valence-corrected chi connectivity index (χ0v) is 10.1. The van der Waals surface area contributed by atoms with Gasteiger partial charge in [-0.1, -0.05) is 54.6 Å². The minimum atomic E-state index is -0.374. The Hall–Kier alpha value is -2.48. The number of halogens is 1. The zero-order chi connectivity index (χ0) is 13.2. The molecule has 3 rings (SSSR count). The van der Waals surface area contributed by atoms with Crippen LogP contribution in [-0.4, -0.2) is 6.29 Å². The summed E-state index contributed by atoms with van der Waals surface area (Å²) >= 11 is 0. The number of carbonyl (C=O) groups is 1. The second-order valence-corrected chi connectivity index (χ2v) is 4.35. The monoisotopic (exact) mass is 250 g/mol. The van der Waals surface area contributed by atoms with E-state index in [1.54, 1.807) is 12.1 Å². The van der Waals surface area contributed by atoms with Crippen LogP contribution < -0.4 is 0 Å². The standard InChI is InChI=1S/C17H11FO/c18-16-10-4-7-13(11-19)17(16)15-9-3-6-12-5-1-2-8-14(12)15/h1-11H. The Morgan fingerprint density at radius 3 is 2.42 bits per heavy atom. The van der Waals surface area contributed by atoms with Crippen molar-refractivity contribution in [1.82, 2.24) is 0 Å². The molecule has 0 radical (unpaired) electrons. The number of carbonyl (C=O) groups excluding carboxylic acids is 1. The summed E-state index contributed by atoms with van der Waals surface area (Å²) in [6.45, 7) is 0. The molecule has 3 aromatic rings. The largest absolute Gasteiger partial charge is 0.298 e. The Bertz CT molecular complexity index is 757. The lowest BCUT2D eigenvalue weighted by Gasteiger charge is -2.10. The fourth-order valence-electron chi connectivity index (χ4n) is 2.37. The minimum absolute atomic E-state index is 0.370. The van der Waals surface area contributed by atoms with Crippen LogP contribution in [0, 0.1) is 5.82 Å². The van der Waals surface area contributed by atoms with E-state index in [4.69, 9.17) is 0 Å². The van der Waals surface area contributed by atoms with Crippen molar-refractivity contribution in [3.63, 3.8) is 0 Å². The predicted octanol–water partition coefficient (Wildman–Crippen LogP) is 4.46. The summed E-state index contributed by atoms with van der Waals surface area (Å²) in [5.74, 6) is -0.374. The van der Waals surface area contributed by atoms with Crippen LogP contribution in [0.25, 0.3) is 21.9 Å². The fourth-order valence-corrected chi connectivity index (χ4v) is 2.37. The van der Waals surface area contributed by atoms with Crippen LogP contribution in [0.15, 0.2) is 60.7 Å². The molecule has 0 saturated heterocycles. The van der Waals surface area contributed by atoms with E-state index in [9.17, 15) is 9.18 Å². The first-order valence-corrected chi connectivity index (χ1v) is 6.03. The number of hydrogen-bond acceptors (Lipinski definition) is 1. The summed E-state index contributed by atoms with van der Waals surface area (Å²) in [5, 5.41) is 1.97. The van der Waals surface area contributed by atoms with Gasteiger partial charge in [0, 0.05) is 11.1 Å². The molecule has 0 spiro atoms. The lowest BCUT2D eigenvalue weighted by molar-refractivity contribution is 0.112. The highest BCUT2D eigenvalue weighted by Crippen LogP contribution is 2.32. The van der Waals surface area contributed by atoms with Gasteiger partial charge in [0.15, 0.2) is 6.29 Å². The van der Waals surface area contributed by atoms with Crippen molar-refractivity contribution >= 4 is 17.1 Å². The molecule has 92 valence electrons. The second kappa shape index (κ2) is 4.65. The Morgan fingerprint density at radius 2 is 1.58 bits per heavy atom. The van der Waals surface area contributed by atoms with Crippen molar-refractivity contribution in [1.29, 1.82) is 0 Å². The van der Waals surface area contributed by atoms with Gasteiger partial charge in [0.25, 0.3) is 0 Å². The molecule has 0 unspecified atom stereocenters. The molecular formula is C17H11FO. The van der Waals surface area contributed by atoms with E-state index in [0.717, 1.165) is 16.3 Å². The number of hydrogen-bond donors (Lipinski definition) is 0. The molecule has 2 heteroatoms. The third kappa shape index (κ3) is 1.91. The van der Waals surface area contributed by atoms with E-state index in [-0.39, 0.29) is 5.82 Å². The molecule has 1 nitrogen and oxygen atoms in total. The van der Waals surface area contributed by atoms with Crippen LogP contribution in [0.5, 0.6) is 0 Å². The van der Waals surface area contributed by atoms with Crippen LogP contribution in [0.3, 0.4) is 0 Å². The average Bonchev–Trinajstić information content (AvgIpc) is 2.46. The molecular weight excluding hydrogens is 239 g/mol. The lowest BCUT2D eigenvalue weighted by Crippen LogP contribution is -1.92. The summed E-state index contributed by atoms with van der Waals surface area (Å²) in [4.78, 5) is 11.1. The summed E-state index contributed by atoms with van der Waals surface area (Å²) in [6, 6.07) is 18.0. The molecule has 0 aromatic heterocycles. The van der Waals surface area contributed by atoms with Gasteiger partial charge in [-0.15, -0.1) is 0 Å². The molecule has 0 aliphatic rings. The molecule has 0 heterocycles. The maximum atomic E-state index is 14.1. The molecule has 0 amide bonds. The van der Waals surface area contributed by atoms with Crippen LogP contribution in [0.1, 0.15) is 10.4 Å². The summed E-state index contributed by atoms with van der Waals surface area (Å²) in [6.07, 6.45) is 0.695. The molecule has 0 N–H and O–H groups in total. The maximum Gasteiger partial charge on any atom is 0.150 e. The summed E-state index contributed by atoms with van der Waals surface area (Å²) < 4.78 is 14.1. The van der Waals surface area contributed by atoms with Crippen molar-refractivity contribution in [2.75, 3.05) is 0 Å². The van der Waals surface area contributed by atoms with Gasteiger partial charge in [-0.25, -0.2) is 4.39 Å². The predicted molar refractivity (Wildman–Crippen MR) is 74.7 cm³/mol.